The van der Waals surface area contributed by atoms with E-state index in [1.807, 2.05) is 18.2 Å². The highest BCUT2D eigenvalue weighted by atomic mass is 16.5. The van der Waals surface area contributed by atoms with Gasteiger partial charge in [0.1, 0.15) is 0 Å². The molecule has 26 heavy (non-hydrogen) atoms. The molecule has 3 heterocycles. The van der Waals surface area contributed by atoms with Crippen LogP contribution in [0.4, 0.5) is 0 Å². The van der Waals surface area contributed by atoms with Gasteiger partial charge in [0.2, 0.25) is 0 Å². The van der Waals surface area contributed by atoms with Crippen LogP contribution < -0.4 is 0 Å². The molecule has 1 aliphatic heterocycles. The maximum atomic E-state index is 11.8. The van der Waals surface area contributed by atoms with Gasteiger partial charge in [0.15, 0.2) is 0 Å². The summed E-state index contributed by atoms with van der Waals surface area (Å²) in [6, 6.07) is 14.4. The zero-order valence-electron chi connectivity index (χ0n) is 14.9. The molecule has 4 heteroatoms. The zero-order valence-corrected chi connectivity index (χ0v) is 14.9. The van der Waals surface area contributed by atoms with Gasteiger partial charge in [0, 0.05) is 46.2 Å². The van der Waals surface area contributed by atoms with Crippen molar-refractivity contribution < 1.29 is 9.53 Å². The van der Waals surface area contributed by atoms with Gasteiger partial charge < -0.3 is 14.3 Å². The van der Waals surface area contributed by atoms with Crippen molar-refractivity contribution in [2.24, 2.45) is 0 Å². The van der Waals surface area contributed by atoms with E-state index in [4.69, 9.17) is 4.74 Å². The van der Waals surface area contributed by atoms with Crippen LogP contribution in [0.1, 0.15) is 39.5 Å². The van der Waals surface area contributed by atoms with Gasteiger partial charge in [-0.3, -0.25) is 0 Å². The molecular formula is C22H20N2O2. The first-order valence-electron chi connectivity index (χ1n) is 8.96. The second kappa shape index (κ2) is 5.49. The lowest BCUT2D eigenvalue weighted by atomic mass is 9.91. The number of aryl methyl sites for hydroxylation is 2. The molecule has 4 nitrogen and oxygen atoms in total. The average molecular weight is 344 g/mol. The van der Waals surface area contributed by atoms with E-state index < -0.39 is 0 Å². The molecule has 0 saturated heterocycles. The summed E-state index contributed by atoms with van der Waals surface area (Å²) in [6.07, 6.45) is 3.20. The molecule has 0 amide bonds. The summed E-state index contributed by atoms with van der Waals surface area (Å²) in [7, 11) is 1.41. The molecule has 2 aromatic heterocycles. The van der Waals surface area contributed by atoms with Crippen LogP contribution in [-0.2, 0) is 11.3 Å². The zero-order chi connectivity index (χ0) is 17.8. The summed E-state index contributed by atoms with van der Waals surface area (Å²) in [5.41, 5.74) is 6.99. The number of carbonyl (C=O) groups excluding carboxylic acids is 1. The van der Waals surface area contributed by atoms with Gasteiger partial charge in [-0.05, 0) is 42.7 Å². The fourth-order valence-corrected chi connectivity index (χ4v) is 4.57. The lowest BCUT2D eigenvalue weighted by molar-refractivity contribution is 0.0601. The van der Waals surface area contributed by atoms with Crippen LogP contribution in [0.25, 0.3) is 21.8 Å². The van der Waals surface area contributed by atoms with E-state index in [1.54, 1.807) is 0 Å². The van der Waals surface area contributed by atoms with Crippen LogP contribution in [-0.4, -0.2) is 22.6 Å². The molecule has 5 rings (SSSR count). The maximum Gasteiger partial charge on any atom is 0.337 e. The van der Waals surface area contributed by atoms with E-state index in [0.29, 0.717) is 11.5 Å². The van der Waals surface area contributed by atoms with E-state index in [0.717, 1.165) is 18.5 Å². The van der Waals surface area contributed by atoms with E-state index in [9.17, 15) is 4.79 Å². The van der Waals surface area contributed by atoms with E-state index in [-0.39, 0.29) is 5.97 Å². The fraction of sp³-hybridized carbons (Fsp3) is 0.227. The SMILES string of the molecule is COC(=O)c1ccc2c(C3CCn4c3c(C)c3ccccc34)c[nH]c2c1. The second-order valence-corrected chi connectivity index (χ2v) is 7.02. The Bertz CT molecular complexity index is 1170. The first-order valence-corrected chi connectivity index (χ1v) is 8.96. The van der Waals surface area contributed by atoms with Crippen molar-refractivity contribution in [1.82, 2.24) is 9.55 Å². The Balaban J connectivity index is 1.66. The molecule has 1 N–H and O–H groups in total. The molecule has 0 spiro atoms. The third-order valence-electron chi connectivity index (χ3n) is 5.76. The first-order chi connectivity index (χ1) is 12.7. The summed E-state index contributed by atoms with van der Waals surface area (Å²) in [6.45, 7) is 3.28. The molecule has 0 bridgehead atoms. The number of para-hydroxylation sites is 1. The number of methoxy groups -OCH3 is 1. The molecule has 2 aromatic carbocycles. The number of nitrogens with one attached hydrogen (secondary N) is 1. The standard InChI is InChI=1S/C22H20N2O2/c1-13-15-5-3-4-6-20(15)24-10-9-17(21(13)24)18-12-23-19-11-14(22(25)26-2)7-8-16(18)19/h3-8,11-12,17,23H,9-10H2,1-2H3. The van der Waals surface area contributed by atoms with Gasteiger partial charge in [0.05, 0.1) is 12.7 Å². The minimum atomic E-state index is -0.306. The summed E-state index contributed by atoms with van der Waals surface area (Å²) < 4.78 is 7.30. The van der Waals surface area contributed by atoms with Gasteiger partial charge in [-0.15, -0.1) is 0 Å². The summed E-state index contributed by atoms with van der Waals surface area (Å²) >= 11 is 0. The van der Waals surface area contributed by atoms with Crippen molar-refractivity contribution >= 4 is 27.8 Å². The molecule has 4 aromatic rings. The number of nitrogens with zero attached hydrogens (tertiary/aromatic N) is 1. The van der Waals surface area contributed by atoms with Crippen molar-refractivity contribution in [3.05, 3.63) is 71.0 Å². The Morgan fingerprint density at radius 2 is 2.04 bits per heavy atom. The average Bonchev–Trinajstić information content (AvgIpc) is 3.35. The summed E-state index contributed by atoms with van der Waals surface area (Å²) in [4.78, 5) is 15.1. The van der Waals surface area contributed by atoms with Crippen molar-refractivity contribution in [2.75, 3.05) is 7.11 Å². The number of fused-ring (bicyclic) bond motifs is 4. The highest BCUT2D eigenvalue weighted by Gasteiger charge is 2.30. The highest BCUT2D eigenvalue weighted by Crippen LogP contribution is 2.43. The third kappa shape index (κ3) is 1.99. The van der Waals surface area contributed by atoms with E-state index in [1.165, 1.54) is 40.2 Å². The van der Waals surface area contributed by atoms with Gasteiger partial charge in [-0.25, -0.2) is 4.79 Å². The summed E-state index contributed by atoms with van der Waals surface area (Å²) in [5.74, 6) is 0.0695. The fourth-order valence-electron chi connectivity index (χ4n) is 4.57. The predicted octanol–water partition coefficient (Wildman–Crippen LogP) is 4.75. The van der Waals surface area contributed by atoms with Crippen LogP contribution in [0.2, 0.25) is 0 Å². The maximum absolute atomic E-state index is 11.8. The lowest BCUT2D eigenvalue weighted by Crippen LogP contribution is -2.01. The van der Waals surface area contributed by atoms with Crippen LogP contribution in [0, 0.1) is 6.92 Å². The highest BCUT2D eigenvalue weighted by molar-refractivity contribution is 5.96. The molecular weight excluding hydrogens is 324 g/mol. The van der Waals surface area contributed by atoms with Gasteiger partial charge in [0.25, 0.3) is 0 Å². The Kier molecular flexibility index (Phi) is 3.23. The van der Waals surface area contributed by atoms with Crippen molar-refractivity contribution in [3.63, 3.8) is 0 Å². The Hall–Kier alpha value is -3.01. The van der Waals surface area contributed by atoms with Crippen LogP contribution >= 0.6 is 0 Å². The number of H-pyrrole nitrogens is 1. The Morgan fingerprint density at radius 3 is 2.88 bits per heavy atom. The topological polar surface area (TPSA) is 47.0 Å². The summed E-state index contributed by atoms with van der Waals surface area (Å²) in [5, 5.41) is 2.53. The van der Waals surface area contributed by atoms with E-state index >= 15 is 0 Å². The van der Waals surface area contributed by atoms with Gasteiger partial charge in [-0.1, -0.05) is 24.3 Å². The van der Waals surface area contributed by atoms with Crippen LogP contribution in [0.15, 0.2) is 48.7 Å². The predicted molar refractivity (Wildman–Crippen MR) is 103 cm³/mol. The second-order valence-electron chi connectivity index (χ2n) is 7.02. The lowest BCUT2D eigenvalue weighted by Gasteiger charge is -2.10. The first kappa shape index (κ1) is 15.3. The van der Waals surface area contributed by atoms with Crippen LogP contribution in [0.3, 0.4) is 0 Å². The monoisotopic (exact) mass is 344 g/mol. The number of rotatable bonds is 2. The Morgan fingerprint density at radius 1 is 1.19 bits per heavy atom. The van der Waals surface area contributed by atoms with Crippen molar-refractivity contribution in [3.8, 4) is 0 Å². The smallest absolute Gasteiger partial charge is 0.337 e. The molecule has 0 saturated carbocycles. The molecule has 130 valence electrons. The number of esters is 1. The van der Waals surface area contributed by atoms with Crippen LogP contribution in [0.5, 0.6) is 0 Å². The number of ether oxygens (including phenoxy) is 1. The number of hydrogen-bond acceptors (Lipinski definition) is 2. The normalized spacial score (nSPS) is 16.3. The molecule has 0 aliphatic carbocycles. The van der Waals surface area contributed by atoms with Crippen molar-refractivity contribution in [1.29, 1.82) is 0 Å². The molecule has 1 atom stereocenters. The molecule has 1 aliphatic rings. The Labute approximate surface area is 151 Å². The number of hydrogen-bond donors (Lipinski definition) is 1. The third-order valence-corrected chi connectivity index (χ3v) is 5.76. The number of aromatic amines is 1. The van der Waals surface area contributed by atoms with Gasteiger partial charge in [-0.2, -0.15) is 0 Å². The quantitative estimate of drug-likeness (QED) is 0.533. The number of benzene rings is 2. The van der Waals surface area contributed by atoms with E-state index in [2.05, 4.69) is 46.9 Å². The number of carbonyl (C=O) groups is 1. The van der Waals surface area contributed by atoms with Gasteiger partial charge >= 0.3 is 5.97 Å². The largest absolute Gasteiger partial charge is 0.465 e. The minimum absolute atomic E-state index is 0.306. The number of aromatic nitrogens is 2. The molecule has 1 unspecified atom stereocenters. The minimum Gasteiger partial charge on any atom is -0.465 e. The molecule has 0 radical (unpaired) electrons. The van der Waals surface area contributed by atoms with Crippen molar-refractivity contribution in [2.45, 2.75) is 25.8 Å². The molecule has 0 fully saturated rings.